The van der Waals surface area contributed by atoms with E-state index in [0.717, 1.165) is 17.0 Å². The predicted octanol–water partition coefficient (Wildman–Crippen LogP) is 1.87. The molecule has 16 heavy (non-hydrogen) atoms. The molecule has 6 heteroatoms. The fourth-order valence-electron chi connectivity index (χ4n) is 1.15. The van der Waals surface area contributed by atoms with Crippen LogP contribution in [0.2, 0.25) is 0 Å². The summed E-state index contributed by atoms with van der Waals surface area (Å²) in [4.78, 5) is 17.3. The summed E-state index contributed by atoms with van der Waals surface area (Å²) >= 11 is 6.23. The molecule has 1 atom stereocenters. The molecule has 1 rings (SSSR count). The fraction of sp³-hybridized carbons (Fsp3) is 0.500. The van der Waals surface area contributed by atoms with Crippen molar-refractivity contribution < 1.29 is 4.79 Å². The maximum absolute atomic E-state index is 11.7. The lowest BCUT2D eigenvalue weighted by Gasteiger charge is -2.07. The number of thiazole rings is 1. The highest BCUT2D eigenvalue weighted by Gasteiger charge is 2.17. The second-order valence-corrected chi connectivity index (χ2v) is 5.16. The largest absolute Gasteiger partial charge is 0.393 e. The zero-order valence-electron chi connectivity index (χ0n) is 9.53. The number of carbonyl (C=O) groups excluding carboxylic acids is 1. The van der Waals surface area contributed by atoms with Gasteiger partial charge in [-0.1, -0.05) is 19.1 Å². The molecule has 0 bridgehead atoms. The Morgan fingerprint density at radius 1 is 1.69 bits per heavy atom. The number of aromatic nitrogens is 1. The molecule has 0 saturated carbocycles. The molecule has 3 N–H and O–H groups in total. The number of hydrogen-bond acceptors (Lipinski definition) is 4. The maximum atomic E-state index is 11.7. The van der Waals surface area contributed by atoms with Crippen molar-refractivity contribution in [2.24, 2.45) is 11.7 Å². The van der Waals surface area contributed by atoms with Crippen LogP contribution >= 0.6 is 23.6 Å². The molecule has 1 aromatic rings. The Morgan fingerprint density at radius 2 is 2.31 bits per heavy atom. The second-order valence-electron chi connectivity index (χ2n) is 3.49. The number of thiocarbonyl (C=S) groups is 1. The van der Waals surface area contributed by atoms with E-state index < -0.39 is 5.92 Å². The van der Waals surface area contributed by atoms with Gasteiger partial charge in [0, 0.05) is 4.88 Å². The summed E-state index contributed by atoms with van der Waals surface area (Å²) in [6, 6.07) is 0. The third kappa shape index (κ3) is 2.99. The minimum absolute atomic E-state index is 0.196. The first-order valence-electron chi connectivity index (χ1n) is 5.02. The van der Waals surface area contributed by atoms with E-state index in [-0.39, 0.29) is 10.9 Å². The summed E-state index contributed by atoms with van der Waals surface area (Å²) in [7, 11) is 0. The number of hydrogen-bond donors (Lipinski definition) is 2. The van der Waals surface area contributed by atoms with Crippen molar-refractivity contribution in [2.45, 2.75) is 27.2 Å². The Kier molecular flexibility index (Phi) is 4.37. The Bertz CT molecular complexity index is 414. The van der Waals surface area contributed by atoms with Crippen molar-refractivity contribution in [1.29, 1.82) is 0 Å². The molecule has 88 valence electrons. The lowest BCUT2D eigenvalue weighted by molar-refractivity contribution is -0.117. The van der Waals surface area contributed by atoms with Gasteiger partial charge in [-0.2, -0.15) is 0 Å². The minimum atomic E-state index is -0.468. The summed E-state index contributed by atoms with van der Waals surface area (Å²) in [5, 5.41) is 3.33. The standard InChI is InChI=1S/C10H15N3OS2/c1-4-7-6(3)16-10(12-7)13-9(14)5(2)8(11)15/h5H,4H2,1-3H3,(H2,11,15)(H,12,13,14). The summed E-state index contributed by atoms with van der Waals surface area (Å²) in [6.45, 7) is 5.70. The van der Waals surface area contributed by atoms with Gasteiger partial charge in [0.15, 0.2) is 5.13 Å². The highest BCUT2D eigenvalue weighted by atomic mass is 32.1. The average Bonchev–Trinajstić information content (AvgIpc) is 2.57. The van der Waals surface area contributed by atoms with Gasteiger partial charge in [0.05, 0.1) is 16.6 Å². The number of nitrogens with two attached hydrogens (primary N) is 1. The lowest BCUT2D eigenvalue weighted by Crippen LogP contribution is -2.30. The minimum Gasteiger partial charge on any atom is -0.393 e. The molecule has 0 aromatic carbocycles. The summed E-state index contributed by atoms with van der Waals surface area (Å²) < 4.78 is 0. The number of carbonyl (C=O) groups is 1. The topological polar surface area (TPSA) is 68.0 Å². The van der Waals surface area contributed by atoms with E-state index in [1.807, 2.05) is 13.8 Å². The summed E-state index contributed by atoms with van der Waals surface area (Å²) in [5.41, 5.74) is 6.42. The van der Waals surface area contributed by atoms with Crippen LogP contribution in [-0.4, -0.2) is 15.9 Å². The van der Waals surface area contributed by atoms with Crippen LogP contribution in [0.3, 0.4) is 0 Å². The highest BCUT2D eigenvalue weighted by molar-refractivity contribution is 7.80. The molecule has 0 fully saturated rings. The average molecular weight is 257 g/mol. The van der Waals surface area contributed by atoms with Gasteiger partial charge in [-0.05, 0) is 20.3 Å². The van der Waals surface area contributed by atoms with Crippen molar-refractivity contribution in [3.05, 3.63) is 10.6 Å². The molecule has 1 heterocycles. The van der Waals surface area contributed by atoms with Crippen molar-refractivity contribution in [1.82, 2.24) is 4.98 Å². The summed E-state index contributed by atoms with van der Waals surface area (Å²) in [5.74, 6) is -0.673. The van der Waals surface area contributed by atoms with E-state index in [2.05, 4.69) is 10.3 Å². The molecule has 4 nitrogen and oxygen atoms in total. The van der Waals surface area contributed by atoms with Crippen LogP contribution in [0.15, 0.2) is 0 Å². The van der Waals surface area contributed by atoms with E-state index in [1.165, 1.54) is 11.3 Å². The zero-order valence-corrected chi connectivity index (χ0v) is 11.2. The van der Waals surface area contributed by atoms with Crippen LogP contribution in [0.25, 0.3) is 0 Å². The van der Waals surface area contributed by atoms with E-state index in [4.69, 9.17) is 18.0 Å². The molecule has 1 amide bonds. The Hall–Kier alpha value is -1.01. The van der Waals surface area contributed by atoms with Crippen molar-refractivity contribution in [3.8, 4) is 0 Å². The van der Waals surface area contributed by atoms with Crippen LogP contribution in [0.4, 0.5) is 5.13 Å². The SMILES string of the molecule is CCc1nc(NC(=O)C(C)C(N)=S)sc1C. The number of rotatable bonds is 4. The van der Waals surface area contributed by atoms with Crippen LogP contribution in [0.1, 0.15) is 24.4 Å². The third-order valence-electron chi connectivity index (χ3n) is 2.28. The second kappa shape index (κ2) is 5.36. The van der Waals surface area contributed by atoms with Gasteiger partial charge in [0.25, 0.3) is 0 Å². The van der Waals surface area contributed by atoms with Crippen LogP contribution in [0.5, 0.6) is 0 Å². The van der Waals surface area contributed by atoms with Gasteiger partial charge >= 0.3 is 0 Å². The van der Waals surface area contributed by atoms with E-state index in [9.17, 15) is 4.79 Å². The smallest absolute Gasteiger partial charge is 0.235 e. The molecule has 0 aliphatic carbocycles. The first-order valence-corrected chi connectivity index (χ1v) is 6.24. The van der Waals surface area contributed by atoms with Gasteiger partial charge in [-0.25, -0.2) is 4.98 Å². The van der Waals surface area contributed by atoms with Gasteiger partial charge < -0.3 is 11.1 Å². The van der Waals surface area contributed by atoms with Gasteiger partial charge in [0.1, 0.15) is 0 Å². The quantitative estimate of drug-likeness (QED) is 0.808. The number of anilines is 1. The number of amides is 1. The Labute approximate surface area is 104 Å². The highest BCUT2D eigenvalue weighted by Crippen LogP contribution is 2.22. The van der Waals surface area contributed by atoms with Gasteiger partial charge in [0.2, 0.25) is 5.91 Å². The fourth-order valence-corrected chi connectivity index (χ4v) is 2.16. The molecular weight excluding hydrogens is 242 g/mol. The molecule has 0 spiro atoms. The van der Waals surface area contributed by atoms with Crippen molar-refractivity contribution >= 4 is 39.6 Å². The molecule has 0 saturated heterocycles. The zero-order chi connectivity index (χ0) is 12.3. The van der Waals surface area contributed by atoms with Gasteiger partial charge in [-0.3, -0.25) is 4.79 Å². The monoisotopic (exact) mass is 257 g/mol. The molecule has 0 radical (unpaired) electrons. The Balaban J connectivity index is 2.73. The number of aryl methyl sites for hydroxylation is 2. The third-order valence-corrected chi connectivity index (χ3v) is 3.56. The number of nitrogens with one attached hydrogen (secondary N) is 1. The molecule has 0 aliphatic rings. The first-order chi connectivity index (χ1) is 7.45. The normalized spacial score (nSPS) is 12.2. The molecular formula is C10H15N3OS2. The molecule has 1 aromatic heterocycles. The van der Waals surface area contributed by atoms with Crippen LogP contribution in [-0.2, 0) is 11.2 Å². The molecule has 1 unspecified atom stereocenters. The lowest BCUT2D eigenvalue weighted by atomic mass is 10.2. The Morgan fingerprint density at radius 3 is 2.75 bits per heavy atom. The summed E-state index contributed by atoms with van der Waals surface area (Å²) in [6.07, 6.45) is 0.864. The predicted molar refractivity (Wildman–Crippen MR) is 70.8 cm³/mol. The number of nitrogens with zero attached hydrogens (tertiary/aromatic N) is 1. The van der Waals surface area contributed by atoms with E-state index in [1.54, 1.807) is 6.92 Å². The van der Waals surface area contributed by atoms with Crippen molar-refractivity contribution in [2.75, 3.05) is 5.32 Å². The van der Waals surface area contributed by atoms with Gasteiger partial charge in [-0.15, -0.1) is 11.3 Å². The van der Waals surface area contributed by atoms with E-state index >= 15 is 0 Å². The first kappa shape index (κ1) is 13.1. The van der Waals surface area contributed by atoms with Crippen LogP contribution in [0, 0.1) is 12.8 Å². The maximum Gasteiger partial charge on any atom is 0.235 e. The van der Waals surface area contributed by atoms with E-state index in [0.29, 0.717) is 5.13 Å². The van der Waals surface area contributed by atoms with Crippen molar-refractivity contribution in [3.63, 3.8) is 0 Å². The molecule has 0 aliphatic heterocycles. The van der Waals surface area contributed by atoms with Crippen LogP contribution < -0.4 is 11.1 Å².